The lowest BCUT2D eigenvalue weighted by molar-refractivity contribution is 0.415. The quantitative estimate of drug-likeness (QED) is 0.668. The minimum absolute atomic E-state index is 0.242. The molecule has 0 unspecified atom stereocenters. The zero-order valence-corrected chi connectivity index (χ0v) is 13.6. The van der Waals surface area contributed by atoms with E-state index >= 15 is 0 Å². The number of aliphatic imine (C=N–C) groups is 1. The average Bonchev–Trinajstić information content (AvgIpc) is 3.04. The van der Waals surface area contributed by atoms with E-state index in [1.165, 1.54) is 12.1 Å². The van der Waals surface area contributed by atoms with Gasteiger partial charge in [-0.05, 0) is 47.5 Å². The van der Waals surface area contributed by atoms with Gasteiger partial charge in [-0.25, -0.2) is 14.4 Å². The predicted octanol–water partition coefficient (Wildman–Crippen LogP) is 3.70. The van der Waals surface area contributed by atoms with Crippen molar-refractivity contribution in [2.24, 2.45) is 4.99 Å². The van der Waals surface area contributed by atoms with Gasteiger partial charge in [0.15, 0.2) is 11.5 Å². The lowest BCUT2D eigenvalue weighted by atomic mass is 10.2. The molecule has 3 rings (SSSR count). The molecular formula is C19H15FN4O. The van der Waals surface area contributed by atoms with Gasteiger partial charge < -0.3 is 9.30 Å². The van der Waals surface area contributed by atoms with Gasteiger partial charge in [0.1, 0.15) is 17.6 Å². The summed E-state index contributed by atoms with van der Waals surface area (Å²) in [5.74, 6) is 0.934. The van der Waals surface area contributed by atoms with Crippen molar-refractivity contribution < 1.29 is 9.13 Å². The molecule has 0 radical (unpaired) electrons. The van der Waals surface area contributed by atoms with Crippen LogP contribution >= 0.6 is 0 Å². The van der Waals surface area contributed by atoms with Crippen molar-refractivity contribution >= 4 is 12.0 Å². The zero-order chi connectivity index (χ0) is 17.6. The first-order valence-electron chi connectivity index (χ1n) is 7.57. The van der Waals surface area contributed by atoms with Gasteiger partial charge >= 0.3 is 0 Å². The summed E-state index contributed by atoms with van der Waals surface area (Å²) in [6.45, 7) is 0.449. The standard InChI is InChI=1S/C19H15FN4O/c1-25-17-8-4-14(5-9-17)11-22-19-18(10-21)23-13-24(19)12-15-2-6-16(20)7-3-15/h2-9,11,13H,12H2,1H3/b22-11+. The number of benzene rings is 2. The fourth-order valence-electron chi connectivity index (χ4n) is 2.32. The van der Waals surface area contributed by atoms with Crippen molar-refractivity contribution in [1.82, 2.24) is 9.55 Å². The molecule has 0 amide bonds. The molecular weight excluding hydrogens is 319 g/mol. The highest BCUT2D eigenvalue weighted by Gasteiger charge is 2.10. The van der Waals surface area contributed by atoms with Gasteiger partial charge in [0, 0.05) is 6.21 Å². The third-order valence-corrected chi connectivity index (χ3v) is 3.63. The van der Waals surface area contributed by atoms with Gasteiger partial charge in [0.05, 0.1) is 20.0 Å². The minimum Gasteiger partial charge on any atom is -0.497 e. The van der Waals surface area contributed by atoms with Crippen molar-refractivity contribution in [1.29, 1.82) is 5.26 Å². The van der Waals surface area contributed by atoms with E-state index in [1.807, 2.05) is 30.3 Å². The first kappa shape index (κ1) is 16.4. The Labute approximate surface area is 144 Å². The highest BCUT2D eigenvalue weighted by atomic mass is 19.1. The summed E-state index contributed by atoms with van der Waals surface area (Å²) in [5.41, 5.74) is 2.01. The van der Waals surface area contributed by atoms with Crippen molar-refractivity contribution in [3.8, 4) is 11.8 Å². The second-order valence-corrected chi connectivity index (χ2v) is 5.31. The van der Waals surface area contributed by atoms with Crippen LogP contribution in [0.15, 0.2) is 59.9 Å². The largest absolute Gasteiger partial charge is 0.497 e. The Bertz CT molecular complexity index is 922. The molecule has 124 valence electrons. The van der Waals surface area contributed by atoms with Crippen LogP contribution in [0.3, 0.4) is 0 Å². The number of nitriles is 1. The van der Waals surface area contributed by atoms with Gasteiger partial charge in [-0.3, -0.25) is 0 Å². The van der Waals surface area contributed by atoms with Crippen LogP contribution in [0.1, 0.15) is 16.8 Å². The number of nitrogens with zero attached hydrogens (tertiary/aromatic N) is 4. The molecule has 2 aromatic carbocycles. The van der Waals surface area contributed by atoms with Gasteiger partial charge in [-0.1, -0.05) is 12.1 Å². The van der Waals surface area contributed by atoms with E-state index in [9.17, 15) is 9.65 Å². The van der Waals surface area contributed by atoms with Gasteiger partial charge in [0.2, 0.25) is 0 Å². The molecule has 0 fully saturated rings. The van der Waals surface area contributed by atoms with E-state index in [2.05, 4.69) is 9.98 Å². The third-order valence-electron chi connectivity index (χ3n) is 3.63. The number of hydrogen-bond donors (Lipinski definition) is 0. The smallest absolute Gasteiger partial charge is 0.185 e. The van der Waals surface area contributed by atoms with Crippen LogP contribution in [0.2, 0.25) is 0 Å². The predicted molar refractivity (Wildman–Crippen MR) is 92.7 cm³/mol. The third kappa shape index (κ3) is 3.90. The summed E-state index contributed by atoms with van der Waals surface area (Å²) in [4.78, 5) is 8.50. The van der Waals surface area contributed by atoms with Crippen molar-refractivity contribution in [3.63, 3.8) is 0 Å². The maximum Gasteiger partial charge on any atom is 0.185 e. The van der Waals surface area contributed by atoms with E-state index in [0.717, 1.165) is 16.9 Å². The molecule has 0 spiro atoms. The number of halogens is 1. The van der Waals surface area contributed by atoms with Crippen molar-refractivity contribution in [3.05, 3.63) is 77.5 Å². The molecule has 0 N–H and O–H groups in total. The number of hydrogen-bond acceptors (Lipinski definition) is 4. The molecule has 0 saturated heterocycles. The summed E-state index contributed by atoms with van der Waals surface area (Å²) < 4.78 is 19.9. The zero-order valence-electron chi connectivity index (χ0n) is 13.6. The van der Waals surface area contributed by atoms with E-state index in [0.29, 0.717) is 12.4 Å². The highest BCUT2D eigenvalue weighted by molar-refractivity contribution is 5.82. The minimum atomic E-state index is -0.287. The summed E-state index contributed by atoms with van der Waals surface area (Å²) in [6.07, 6.45) is 3.22. The normalized spacial score (nSPS) is 10.8. The number of aromatic nitrogens is 2. The average molecular weight is 334 g/mol. The molecule has 0 atom stereocenters. The monoisotopic (exact) mass is 334 g/mol. The van der Waals surface area contributed by atoms with Crippen LogP contribution in [-0.4, -0.2) is 22.9 Å². The molecule has 3 aromatic rings. The van der Waals surface area contributed by atoms with E-state index in [1.54, 1.807) is 36.4 Å². The van der Waals surface area contributed by atoms with E-state index < -0.39 is 0 Å². The van der Waals surface area contributed by atoms with Crippen LogP contribution in [0, 0.1) is 17.1 Å². The summed E-state index contributed by atoms with van der Waals surface area (Å²) in [6, 6.07) is 15.6. The van der Waals surface area contributed by atoms with E-state index in [4.69, 9.17) is 4.74 Å². The van der Waals surface area contributed by atoms with Crippen LogP contribution in [0.4, 0.5) is 10.2 Å². The van der Waals surface area contributed by atoms with E-state index in [-0.39, 0.29) is 11.5 Å². The molecule has 0 aliphatic heterocycles. The Morgan fingerprint density at radius 3 is 2.56 bits per heavy atom. The maximum absolute atomic E-state index is 13.0. The highest BCUT2D eigenvalue weighted by Crippen LogP contribution is 2.20. The van der Waals surface area contributed by atoms with Gasteiger partial charge in [-0.2, -0.15) is 5.26 Å². The van der Waals surface area contributed by atoms with Gasteiger partial charge in [0.25, 0.3) is 0 Å². The van der Waals surface area contributed by atoms with Crippen molar-refractivity contribution in [2.75, 3.05) is 7.11 Å². The van der Waals surface area contributed by atoms with Crippen LogP contribution in [0.5, 0.6) is 5.75 Å². The summed E-state index contributed by atoms with van der Waals surface area (Å²) >= 11 is 0. The van der Waals surface area contributed by atoms with Crippen molar-refractivity contribution in [2.45, 2.75) is 6.54 Å². The molecule has 0 aliphatic carbocycles. The number of methoxy groups -OCH3 is 1. The second-order valence-electron chi connectivity index (χ2n) is 5.31. The number of rotatable bonds is 5. The summed E-state index contributed by atoms with van der Waals surface area (Å²) in [5, 5.41) is 9.23. The molecule has 1 heterocycles. The number of ether oxygens (including phenoxy) is 1. The fraction of sp³-hybridized carbons (Fsp3) is 0.105. The maximum atomic E-state index is 13.0. The topological polar surface area (TPSA) is 63.2 Å². The first-order chi connectivity index (χ1) is 12.2. The molecule has 0 bridgehead atoms. The Balaban J connectivity index is 1.86. The molecule has 1 aromatic heterocycles. The molecule has 0 aliphatic rings. The SMILES string of the molecule is COc1ccc(/C=N/c2c(C#N)ncn2Cc2ccc(F)cc2)cc1. The second kappa shape index (κ2) is 7.41. The summed E-state index contributed by atoms with van der Waals surface area (Å²) in [7, 11) is 1.61. The molecule has 5 nitrogen and oxygen atoms in total. The Kier molecular flexibility index (Phi) is 4.86. The Morgan fingerprint density at radius 2 is 1.92 bits per heavy atom. The van der Waals surface area contributed by atoms with Crippen LogP contribution < -0.4 is 4.74 Å². The Morgan fingerprint density at radius 1 is 1.20 bits per heavy atom. The molecule has 25 heavy (non-hydrogen) atoms. The van der Waals surface area contributed by atoms with Crippen LogP contribution in [0.25, 0.3) is 0 Å². The van der Waals surface area contributed by atoms with Crippen LogP contribution in [-0.2, 0) is 6.54 Å². The Hall–Kier alpha value is -3.46. The first-order valence-corrected chi connectivity index (χ1v) is 7.57. The molecule has 0 saturated carbocycles. The lowest BCUT2D eigenvalue weighted by Crippen LogP contribution is -1.98. The lowest BCUT2D eigenvalue weighted by Gasteiger charge is -2.05. The van der Waals surface area contributed by atoms with Gasteiger partial charge in [-0.15, -0.1) is 0 Å². The number of imidazole rings is 1. The molecule has 6 heteroatoms. The fourth-order valence-corrected chi connectivity index (χ4v) is 2.32.